The topological polar surface area (TPSA) is 30.7 Å². The summed E-state index contributed by atoms with van der Waals surface area (Å²) >= 11 is 12.1. The molecule has 0 atom stereocenters. The standard InChI is InChI=1S/C20H13Cl2N3/c21-16-8-6-15(7-9-16)20-24-23-19(14-4-2-1-3-5-14)25(20)18-12-10-17(22)11-13-18/h1-13H. The maximum absolute atomic E-state index is 6.05. The Hall–Kier alpha value is -2.62. The van der Waals surface area contributed by atoms with Gasteiger partial charge in [-0.25, -0.2) is 0 Å². The first-order valence-corrected chi connectivity index (χ1v) is 8.51. The summed E-state index contributed by atoms with van der Waals surface area (Å²) in [6.07, 6.45) is 0. The number of benzene rings is 3. The fourth-order valence-electron chi connectivity index (χ4n) is 2.68. The predicted octanol–water partition coefficient (Wildman–Crippen LogP) is 5.91. The molecular formula is C20H13Cl2N3. The fraction of sp³-hybridized carbons (Fsp3) is 0. The molecule has 122 valence electrons. The van der Waals surface area contributed by atoms with Crippen LogP contribution in [0.15, 0.2) is 78.9 Å². The zero-order valence-electron chi connectivity index (χ0n) is 13.1. The lowest BCUT2D eigenvalue weighted by atomic mass is 10.1. The molecular weight excluding hydrogens is 353 g/mol. The molecule has 0 saturated carbocycles. The summed E-state index contributed by atoms with van der Waals surface area (Å²) in [4.78, 5) is 0. The van der Waals surface area contributed by atoms with Gasteiger partial charge in [-0.15, -0.1) is 10.2 Å². The highest BCUT2D eigenvalue weighted by Crippen LogP contribution is 2.29. The number of nitrogens with zero attached hydrogens (tertiary/aromatic N) is 3. The lowest BCUT2D eigenvalue weighted by Gasteiger charge is -2.11. The molecule has 25 heavy (non-hydrogen) atoms. The van der Waals surface area contributed by atoms with Gasteiger partial charge in [-0.05, 0) is 48.5 Å². The van der Waals surface area contributed by atoms with E-state index in [1.165, 1.54) is 0 Å². The van der Waals surface area contributed by atoms with E-state index < -0.39 is 0 Å². The maximum Gasteiger partial charge on any atom is 0.168 e. The van der Waals surface area contributed by atoms with Gasteiger partial charge in [0.15, 0.2) is 11.6 Å². The Morgan fingerprint density at radius 2 is 1.04 bits per heavy atom. The molecule has 3 aromatic carbocycles. The van der Waals surface area contributed by atoms with E-state index in [-0.39, 0.29) is 0 Å². The molecule has 0 aliphatic rings. The van der Waals surface area contributed by atoms with Crippen LogP contribution in [0, 0.1) is 0 Å². The van der Waals surface area contributed by atoms with Crippen molar-refractivity contribution in [3.05, 3.63) is 88.9 Å². The van der Waals surface area contributed by atoms with Crippen LogP contribution in [0.25, 0.3) is 28.5 Å². The van der Waals surface area contributed by atoms with E-state index in [0.717, 1.165) is 28.5 Å². The third kappa shape index (κ3) is 3.16. The molecule has 0 spiro atoms. The zero-order chi connectivity index (χ0) is 17.2. The Kier molecular flexibility index (Phi) is 4.26. The van der Waals surface area contributed by atoms with Gasteiger partial charge in [0, 0.05) is 26.9 Å². The number of aromatic nitrogens is 3. The van der Waals surface area contributed by atoms with Gasteiger partial charge in [0.2, 0.25) is 0 Å². The molecule has 0 unspecified atom stereocenters. The highest BCUT2D eigenvalue weighted by atomic mass is 35.5. The first-order chi connectivity index (χ1) is 12.2. The molecule has 4 aromatic rings. The minimum Gasteiger partial charge on any atom is -0.275 e. The summed E-state index contributed by atoms with van der Waals surface area (Å²) in [5.41, 5.74) is 2.87. The predicted molar refractivity (Wildman–Crippen MR) is 102 cm³/mol. The van der Waals surface area contributed by atoms with Crippen molar-refractivity contribution in [1.82, 2.24) is 14.8 Å². The van der Waals surface area contributed by atoms with Crippen molar-refractivity contribution in [1.29, 1.82) is 0 Å². The molecule has 4 rings (SSSR count). The monoisotopic (exact) mass is 365 g/mol. The van der Waals surface area contributed by atoms with Crippen LogP contribution in [0.3, 0.4) is 0 Å². The van der Waals surface area contributed by atoms with E-state index >= 15 is 0 Å². The van der Waals surface area contributed by atoms with E-state index in [4.69, 9.17) is 23.2 Å². The summed E-state index contributed by atoms with van der Waals surface area (Å²) in [6.45, 7) is 0. The van der Waals surface area contributed by atoms with Gasteiger partial charge in [0.25, 0.3) is 0 Å². The Balaban J connectivity index is 1.94. The number of hydrogen-bond acceptors (Lipinski definition) is 2. The van der Waals surface area contributed by atoms with Gasteiger partial charge < -0.3 is 0 Å². The van der Waals surface area contributed by atoms with Gasteiger partial charge in [-0.1, -0.05) is 53.5 Å². The molecule has 0 radical (unpaired) electrons. The van der Waals surface area contributed by atoms with Crippen LogP contribution in [0.4, 0.5) is 0 Å². The largest absolute Gasteiger partial charge is 0.275 e. The third-order valence-corrected chi connectivity index (χ3v) is 4.39. The van der Waals surface area contributed by atoms with Crippen molar-refractivity contribution in [2.75, 3.05) is 0 Å². The number of hydrogen-bond donors (Lipinski definition) is 0. The molecule has 0 aliphatic carbocycles. The molecule has 1 aromatic heterocycles. The van der Waals surface area contributed by atoms with E-state index in [9.17, 15) is 0 Å². The second-order valence-corrected chi connectivity index (χ2v) is 6.40. The smallest absolute Gasteiger partial charge is 0.168 e. The van der Waals surface area contributed by atoms with Crippen molar-refractivity contribution >= 4 is 23.2 Å². The normalized spacial score (nSPS) is 10.8. The Bertz CT molecular complexity index is 992. The summed E-state index contributed by atoms with van der Waals surface area (Å²) in [6, 6.07) is 25.2. The van der Waals surface area contributed by atoms with Crippen LogP contribution in [-0.2, 0) is 0 Å². The fourth-order valence-corrected chi connectivity index (χ4v) is 2.93. The Morgan fingerprint density at radius 3 is 1.60 bits per heavy atom. The van der Waals surface area contributed by atoms with Crippen LogP contribution in [0.2, 0.25) is 10.0 Å². The second-order valence-electron chi connectivity index (χ2n) is 5.53. The van der Waals surface area contributed by atoms with Crippen molar-refractivity contribution in [3.8, 4) is 28.5 Å². The second kappa shape index (κ2) is 6.71. The van der Waals surface area contributed by atoms with Crippen LogP contribution in [-0.4, -0.2) is 14.8 Å². The molecule has 0 N–H and O–H groups in total. The molecule has 1 heterocycles. The van der Waals surface area contributed by atoms with E-state index in [1.807, 2.05) is 83.4 Å². The molecule has 5 heteroatoms. The lowest BCUT2D eigenvalue weighted by molar-refractivity contribution is 1.07. The quantitative estimate of drug-likeness (QED) is 0.451. The molecule has 0 saturated heterocycles. The number of halogens is 2. The summed E-state index contributed by atoms with van der Waals surface area (Å²) < 4.78 is 2.02. The molecule has 0 fully saturated rings. The summed E-state index contributed by atoms with van der Waals surface area (Å²) in [5.74, 6) is 1.52. The van der Waals surface area contributed by atoms with Gasteiger partial charge in [-0.2, -0.15) is 0 Å². The van der Waals surface area contributed by atoms with Crippen molar-refractivity contribution in [2.24, 2.45) is 0 Å². The first kappa shape index (κ1) is 15.9. The average molecular weight is 366 g/mol. The lowest BCUT2D eigenvalue weighted by Crippen LogP contribution is -2.00. The van der Waals surface area contributed by atoms with E-state index in [2.05, 4.69) is 10.2 Å². The molecule has 0 amide bonds. The summed E-state index contributed by atoms with van der Waals surface area (Å²) in [5, 5.41) is 10.2. The van der Waals surface area contributed by atoms with Crippen LogP contribution in [0.5, 0.6) is 0 Å². The van der Waals surface area contributed by atoms with Gasteiger partial charge in [-0.3, -0.25) is 4.57 Å². The van der Waals surface area contributed by atoms with Gasteiger partial charge in [0.05, 0.1) is 0 Å². The van der Waals surface area contributed by atoms with Crippen molar-refractivity contribution in [3.63, 3.8) is 0 Å². The van der Waals surface area contributed by atoms with E-state index in [0.29, 0.717) is 10.0 Å². The highest BCUT2D eigenvalue weighted by Gasteiger charge is 2.16. The first-order valence-electron chi connectivity index (χ1n) is 7.75. The zero-order valence-corrected chi connectivity index (χ0v) is 14.6. The third-order valence-electron chi connectivity index (χ3n) is 3.88. The highest BCUT2D eigenvalue weighted by molar-refractivity contribution is 6.30. The Labute approximate surface area is 155 Å². The minimum atomic E-state index is 0.685. The minimum absolute atomic E-state index is 0.685. The van der Waals surface area contributed by atoms with Crippen LogP contribution < -0.4 is 0 Å². The molecule has 0 bridgehead atoms. The van der Waals surface area contributed by atoms with Gasteiger partial charge in [0.1, 0.15) is 0 Å². The van der Waals surface area contributed by atoms with Crippen molar-refractivity contribution in [2.45, 2.75) is 0 Å². The maximum atomic E-state index is 6.05. The van der Waals surface area contributed by atoms with Crippen LogP contribution in [0.1, 0.15) is 0 Å². The Morgan fingerprint density at radius 1 is 0.560 bits per heavy atom. The SMILES string of the molecule is Clc1ccc(-c2nnc(-c3ccccc3)n2-c2ccc(Cl)cc2)cc1. The molecule has 0 aliphatic heterocycles. The number of rotatable bonds is 3. The molecule has 3 nitrogen and oxygen atoms in total. The summed E-state index contributed by atoms with van der Waals surface area (Å²) in [7, 11) is 0. The average Bonchev–Trinajstić information content (AvgIpc) is 3.09. The van der Waals surface area contributed by atoms with Gasteiger partial charge >= 0.3 is 0 Å². The van der Waals surface area contributed by atoms with E-state index in [1.54, 1.807) is 0 Å². The van der Waals surface area contributed by atoms with Crippen LogP contribution >= 0.6 is 23.2 Å². The van der Waals surface area contributed by atoms with Crippen molar-refractivity contribution < 1.29 is 0 Å².